The Bertz CT molecular complexity index is 3250. The van der Waals surface area contributed by atoms with Crippen LogP contribution in [0.2, 0.25) is 5.02 Å². The number of amides is 4. The van der Waals surface area contributed by atoms with Gasteiger partial charge in [-0.1, -0.05) is 87.5 Å². The van der Waals surface area contributed by atoms with Gasteiger partial charge < -0.3 is 49.8 Å². The van der Waals surface area contributed by atoms with Crippen molar-refractivity contribution in [3.8, 4) is 33.3 Å². The molecule has 9 rings (SSSR count). The number of piperidine rings is 1. The van der Waals surface area contributed by atoms with Crippen molar-refractivity contribution >= 4 is 74.1 Å². The highest BCUT2D eigenvalue weighted by atomic mass is 35.5. The van der Waals surface area contributed by atoms with Crippen LogP contribution in [0.4, 0.5) is 10.2 Å². The number of aliphatic hydroxyl groups excluding tert-OH is 1. The third-order valence-corrected chi connectivity index (χ3v) is 16.4. The zero-order valence-corrected chi connectivity index (χ0v) is 48.0. The van der Waals surface area contributed by atoms with Gasteiger partial charge in [-0.25, -0.2) is 9.37 Å². The van der Waals surface area contributed by atoms with E-state index in [-0.39, 0.29) is 78.6 Å². The number of aromatic hydroxyl groups is 1. The number of likely N-dealkylation sites (tertiary alicyclic amines) is 2. The van der Waals surface area contributed by atoms with E-state index in [4.69, 9.17) is 30.8 Å². The number of aliphatic hydroxyl groups is 1. The van der Waals surface area contributed by atoms with E-state index in [1.165, 1.54) is 17.0 Å². The van der Waals surface area contributed by atoms with E-state index >= 15 is 4.39 Å². The minimum Gasteiger partial charge on any atom is -0.508 e. The summed E-state index contributed by atoms with van der Waals surface area (Å²) in [5.41, 5.74) is 4.73. The van der Waals surface area contributed by atoms with Crippen LogP contribution < -0.4 is 20.3 Å². The average Bonchev–Trinajstić information content (AvgIpc) is 3.99. The molecule has 81 heavy (non-hydrogen) atoms. The molecule has 0 aliphatic carbocycles. The number of fused-ring (bicyclic) bond motifs is 2. The summed E-state index contributed by atoms with van der Waals surface area (Å²) in [7, 11) is 0. The van der Waals surface area contributed by atoms with Gasteiger partial charge in [-0.2, -0.15) is 9.97 Å². The van der Waals surface area contributed by atoms with E-state index in [1.54, 1.807) is 28.4 Å². The lowest BCUT2D eigenvalue weighted by Crippen LogP contribution is -2.58. The second-order valence-electron chi connectivity index (χ2n) is 22.1. The average molecular weight is 1150 g/mol. The van der Waals surface area contributed by atoms with Crippen LogP contribution in [-0.2, 0) is 35.1 Å². The number of ether oxygens (including phenoxy) is 3. The summed E-state index contributed by atoms with van der Waals surface area (Å²) in [5, 5.41) is 29.0. The van der Waals surface area contributed by atoms with E-state index in [1.807, 2.05) is 93.6 Å². The van der Waals surface area contributed by atoms with Gasteiger partial charge in [0.15, 0.2) is 5.82 Å². The standard InChI is InChI=1S/C60H71ClFN9O9S/c1-7-50(75)69-22-24-70(25-23-69)56-46-31-47(61)51(45-29-41(72)28-40-10-8-9-11-44(40)45)52(62)53(46)66-59(67-56)80-36(2)32-68-20-17-43(18-21-68)79-27-26-78-34-49(74)65-55(60(4,5)6)58(77)71-33-42(73)30-48(71)57(76)63-19-16-38-12-14-39(15-13-38)54-37(3)64-35-81-54/h7-15,28-29,31,35-36,42-43,48,55,72-73H,1,16-27,30,32-34H2,2-6H3,(H,63,76)(H,65,74)/t36-,42-,48+,55-/m1/s1. The van der Waals surface area contributed by atoms with Gasteiger partial charge >= 0.3 is 6.01 Å². The maximum absolute atomic E-state index is 17.2. The molecule has 0 unspecified atom stereocenters. The van der Waals surface area contributed by atoms with Crippen LogP contribution >= 0.6 is 22.9 Å². The van der Waals surface area contributed by atoms with E-state index in [2.05, 4.69) is 32.1 Å². The summed E-state index contributed by atoms with van der Waals surface area (Å²) < 4.78 is 35.4. The molecular formula is C60H71ClFN9O9S. The molecule has 0 saturated carbocycles. The lowest BCUT2D eigenvalue weighted by molar-refractivity contribution is -0.144. The van der Waals surface area contributed by atoms with Crippen LogP contribution in [0.3, 0.4) is 0 Å². The number of rotatable bonds is 20. The number of nitrogens with zero attached hydrogens (tertiary/aromatic N) is 7. The van der Waals surface area contributed by atoms with Crippen LogP contribution in [0, 0.1) is 18.2 Å². The first kappa shape index (κ1) is 58.8. The number of halogens is 2. The molecule has 3 saturated heterocycles. The van der Waals surface area contributed by atoms with Crippen molar-refractivity contribution in [3.05, 3.63) is 107 Å². The molecule has 0 bridgehead atoms. The fraction of sp³-hybridized carbons (Fsp3) is 0.450. The van der Waals surface area contributed by atoms with Crippen molar-refractivity contribution in [2.75, 3.05) is 83.6 Å². The highest BCUT2D eigenvalue weighted by molar-refractivity contribution is 7.13. The number of carbonyl (C=O) groups excluding carboxylic acids is 4. The Morgan fingerprint density at radius 1 is 0.975 bits per heavy atom. The monoisotopic (exact) mass is 1150 g/mol. The molecule has 2 aromatic heterocycles. The second-order valence-corrected chi connectivity index (χ2v) is 23.4. The van der Waals surface area contributed by atoms with E-state index in [0.29, 0.717) is 73.2 Å². The molecular weight excluding hydrogens is 1080 g/mol. The maximum atomic E-state index is 17.2. The summed E-state index contributed by atoms with van der Waals surface area (Å²) in [4.78, 5) is 75.6. The van der Waals surface area contributed by atoms with Crippen LogP contribution in [0.15, 0.2) is 84.9 Å². The van der Waals surface area contributed by atoms with Crippen LogP contribution in [0.5, 0.6) is 11.8 Å². The molecule has 4 amide bonds. The largest absolute Gasteiger partial charge is 0.508 e. The van der Waals surface area contributed by atoms with Gasteiger partial charge in [-0.15, -0.1) is 11.3 Å². The van der Waals surface area contributed by atoms with Crippen molar-refractivity contribution in [2.45, 2.75) is 90.7 Å². The minimum atomic E-state index is -0.987. The zero-order chi connectivity index (χ0) is 57.5. The van der Waals surface area contributed by atoms with Gasteiger partial charge in [-0.05, 0) is 90.3 Å². The van der Waals surface area contributed by atoms with Gasteiger partial charge in [0.25, 0.3) is 0 Å². The predicted molar refractivity (Wildman–Crippen MR) is 311 cm³/mol. The SMILES string of the molecule is C=CC(=O)N1CCN(c2nc(O[C@H](C)CN3CCC(OCCOCC(=O)N[C@H](C(=O)N4C[C@H](O)C[C@H]4C(=O)NCCc4ccc(-c5scnc5C)cc4)C(C)(C)C)CC3)nc3c(F)c(-c4cc(O)cc5ccccc45)c(Cl)cc23)CC1. The molecule has 4 atom stereocenters. The van der Waals surface area contributed by atoms with Crippen molar-refractivity contribution < 1.29 is 48.0 Å². The van der Waals surface area contributed by atoms with Crippen LogP contribution in [0.25, 0.3) is 43.2 Å². The molecule has 4 aromatic carbocycles. The fourth-order valence-corrected chi connectivity index (χ4v) is 12.0. The Hall–Kier alpha value is -6.81. The summed E-state index contributed by atoms with van der Waals surface area (Å²) in [6.07, 6.45) is 2.12. The summed E-state index contributed by atoms with van der Waals surface area (Å²) in [6, 6.07) is 18.4. The smallest absolute Gasteiger partial charge is 0.319 e. The zero-order valence-electron chi connectivity index (χ0n) is 46.5. The maximum Gasteiger partial charge on any atom is 0.319 e. The number of hydrogen-bond acceptors (Lipinski definition) is 15. The minimum absolute atomic E-state index is 0.00802. The molecule has 18 nitrogen and oxygen atoms in total. The van der Waals surface area contributed by atoms with Crippen molar-refractivity contribution in [3.63, 3.8) is 0 Å². The molecule has 0 radical (unpaired) electrons. The van der Waals surface area contributed by atoms with Crippen molar-refractivity contribution in [2.24, 2.45) is 5.41 Å². The number of phenols is 1. The Kier molecular flexibility index (Phi) is 18.9. The number of aryl methyl sites for hydroxylation is 1. The molecule has 4 N–H and O–H groups in total. The van der Waals surface area contributed by atoms with Gasteiger partial charge in [-0.3, -0.25) is 24.1 Å². The van der Waals surface area contributed by atoms with Crippen molar-refractivity contribution in [1.82, 2.24) is 40.3 Å². The number of nitrogens with one attached hydrogen (secondary N) is 2. The molecule has 0 spiro atoms. The Labute approximate surface area is 480 Å². The van der Waals surface area contributed by atoms with Gasteiger partial charge in [0.05, 0.1) is 46.5 Å². The number of aromatic nitrogens is 3. The first-order valence-electron chi connectivity index (χ1n) is 27.6. The summed E-state index contributed by atoms with van der Waals surface area (Å²) in [6.45, 7) is 17.0. The van der Waals surface area contributed by atoms with E-state index in [9.17, 15) is 29.4 Å². The molecule has 3 aliphatic rings. The number of hydrogen-bond donors (Lipinski definition) is 4. The van der Waals surface area contributed by atoms with Crippen molar-refractivity contribution in [1.29, 1.82) is 0 Å². The third kappa shape index (κ3) is 14.1. The Morgan fingerprint density at radius 3 is 2.42 bits per heavy atom. The normalized spacial score (nSPS) is 18.0. The molecule has 430 valence electrons. The first-order valence-corrected chi connectivity index (χ1v) is 28.8. The predicted octanol–water partition coefficient (Wildman–Crippen LogP) is 7.33. The highest BCUT2D eigenvalue weighted by Gasteiger charge is 2.44. The number of β-amino-alcohol motifs (C(OH)–C–C–N with tert-alkyl or cyclic N) is 1. The topological polar surface area (TPSA) is 212 Å². The molecule has 3 fully saturated rings. The Balaban J connectivity index is 0.741. The first-order chi connectivity index (χ1) is 38.8. The number of phenolic OH excluding ortho intramolecular Hbond substituents is 1. The quantitative estimate of drug-likeness (QED) is 0.0436. The highest BCUT2D eigenvalue weighted by Crippen LogP contribution is 2.43. The third-order valence-electron chi connectivity index (χ3n) is 15.2. The lowest BCUT2D eigenvalue weighted by Gasteiger charge is -2.35. The number of carbonyl (C=O) groups is 4. The van der Waals surface area contributed by atoms with Crippen LogP contribution in [0.1, 0.15) is 58.2 Å². The second kappa shape index (κ2) is 26.0. The van der Waals surface area contributed by atoms with E-state index < -0.39 is 47.3 Å². The number of thiazole rings is 1. The number of benzene rings is 4. The fourth-order valence-electron chi connectivity index (χ4n) is 10.9. The molecule has 6 aromatic rings. The van der Waals surface area contributed by atoms with Gasteiger partial charge in [0, 0.05) is 76.3 Å². The lowest BCUT2D eigenvalue weighted by atomic mass is 9.85. The van der Waals surface area contributed by atoms with Gasteiger partial charge in [0.2, 0.25) is 23.6 Å². The molecule has 21 heteroatoms. The van der Waals surface area contributed by atoms with E-state index in [0.717, 1.165) is 47.6 Å². The number of anilines is 1. The van der Waals surface area contributed by atoms with Gasteiger partial charge in [0.1, 0.15) is 41.9 Å². The summed E-state index contributed by atoms with van der Waals surface area (Å²) in [5.74, 6) is -1.76. The molecule has 5 heterocycles. The van der Waals surface area contributed by atoms with Crippen LogP contribution in [-0.4, -0.2) is 173 Å². The molecule has 3 aliphatic heterocycles. The summed E-state index contributed by atoms with van der Waals surface area (Å²) >= 11 is 8.52. The Morgan fingerprint density at radius 2 is 1.72 bits per heavy atom. The number of piperazine rings is 1.